The number of carbonyl (C=O) groups is 2. The maximum atomic E-state index is 12.1. The summed E-state index contributed by atoms with van der Waals surface area (Å²) in [7, 11) is 0. The van der Waals surface area contributed by atoms with Gasteiger partial charge in [0.2, 0.25) is 11.8 Å². The molecule has 0 unspecified atom stereocenters. The first-order chi connectivity index (χ1) is 10.7. The van der Waals surface area contributed by atoms with Gasteiger partial charge in [-0.15, -0.1) is 0 Å². The topological polar surface area (TPSA) is 52.7 Å². The predicted octanol–water partition coefficient (Wildman–Crippen LogP) is 1.25. The molecule has 0 saturated carbocycles. The van der Waals surface area contributed by atoms with E-state index in [2.05, 4.69) is 22.3 Å². The highest BCUT2D eigenvalue weighted by atomic mass is 16.2. The third-order valence-corrected chi connectivity index (χ3v) is 3.86. The number of piperazine rings is 1. The molecule has 1 N–H and O–H groups in total. The molecule has 1 aromatic rings. The zero-order valence-corrected chi connectivity index (χ0v) is 13.3. The van der Waals surface area contributed by atoms with Crippen molar-refractivity contribution in [2.24, 2.45) is 0 Å². The van der Waals surface area contributed by atoms with Crippen LogP contribution < -0.4 is 5.32 Å². The Morgan fingerprint density at radius 3 is 2.41 bits per heavy atom. The van der Waals surface area contributed by atoms with Crippen LogP contribution in [0.25, 0.3) is 0 Å². The average molecular weight is 303 g/mol. The molecule has 5 nitrogen and oxygen atoms in total. The highest BCUT2D eigenvalue weighted by Gasteiger charge is 2.22. The van der Waals surface area contributed by atoms with Crippen LogP contribution in [0.4, 0.5) is 0 Å². The summed E-state index contributed by atoms with van der Waals surface area (Å²) >= 11 is 0. The summed E-state index contributed by atoms with van der Waals surface area (Å²) in [6.07, 6.45) is 0.858. The number of rotatable bonds is 6. The van der Waals surface area contributed by atoms with Crippen molar-refractivity contribution in [1.29, 1.82) is 0 Å². The Kier molecular flexibility index (Phi) is 6.40. The number of hydrogen-bond acceptors (Lipinski definition) is 3. The van der Waals surface area contributed by atoms with Crippen molar-refractivity contribution in [3.05, 3.63) is 35.9 Å². The van der Waals surface area contributed by atoms with E-state index >= 15 is 0 Å². The summed E-state index contributed by atoms with van der Waals surface area (Å²) in [4.78, 5) is 27.8. The normalized spacial score (nSPS) is 15.6. The lowest BCUT2D eigenvalue weighted by Gasteiger charge is -2.34. The van der Waals surface area contributed by atoms with E-state index in [-0.39, 0.29) is 18.2 Å². The van der Waals surface area contributed by atoms with Crippen molar-refractivity contribution >= 4 is 11.8 Å². The molecule has 5 heteroatoms. The summed E-state index contributed by atoms with van der Waals surface area (Å²) in [6.45, 7) is 6.67. The van der Waals surface area contributed by atoms with Gasteiger partial charge in [-0.05, 0) is 12.0 Å². The SMILES string of the molecule is CCCNC(=O)CC(=O)N1CCN(Cc2ccccc2)CC1. The van der Waals surface area contributed by atoms with Crippen LogP contribution in [0.5, 0.6) is 0 Å². The second-order valence-electron chi connectivity index (χ2n) is 5.67. The van der Waals surface area contributed by atoms with Crippen LogP contribution in [0, 0.1) is 0 Å². The van der Waals surface area contributed by atoms with Gasteiger partial charge in [-0.2, -0.15) is 0 Å². The standard InChI is InChI=1S/C17H25N3O2/c1-2-8-18-16(21)13-17(22)20-11-9-19(10-12-20)14-15-6-4-3-5-7-15/h3-7H,2,8-14H2,1H3,(H,18,21). The minimum Gasteiger partial charge on any atom is -0.356 e. The molecular formula is C17H25N3O2. The van der Waals surface area contributed by atoms with Gasteiger partial charge in [0.05, 0.1) is 0 Å². The lowest BCUT2D eigenvalue weighted by molar-refractivity contribution is -0.137. The van der Waals surface area contributed by atoms with Gasteiger partial charge in [0.25, 0.3) is 0 Å². The number of carbonyl (C=O) groups excluding carboxylic acids is 2. The Morgan fingerprint density at radius 2 is 1.77 bits per heavy atom. The third-order valence-electron chi connectivity index (χ3n) is 3.86. The first-order valence-corrected chi connectivity index (χ1v) is 7.99. The Balaban J connectivity index is 1.72. The average Bonchev–Trinajstić information content (AvgIpc) is 2.54. The van der Waals surface area contributed by atoms with Gasteiger partial charge >= 0.3 is 0 Å². The van der Waals surface area contributed by atoms with Gasteiger partial charge in [-0.25, -0.2) is 0 Å². The molecular weight excluding hydrogens is 278 g/mol. The lowest BCUT2D eigenvalue weighted by atomic mass is 10.2. The highest BCUT2D eigenvalue weighted by Crippen LogP contribution is 2.09. The smallest absolute Gasteiger partial charge is 0.232 e. The molecule has 0 aromatic heterocycles. The van der Waals surface area contributed by atoms with Gasteiger partial charge in [0, 0.05) is 39.3 Å². The Hall–Kier alpha value is -1.88. The van der Waals surface area contributed by atoms with E-state index < -0.39 is 0 Å². The Labute approximate surface area is 132 Å². The lowest BCUT2D eigenvalue weighted by Crippen LogP contribution is -2.49. The molecule has 0 atom stereocenters. The van der Waals surface area contributed by atoms with Gasteiger partial charge in [-0.1, -0.05) is 37.3 Å². The molecule has 1 aliphatic rings. The largest absolute Gasteiger partial charge is 0.356 e. The highest BCUT2D eigenvalue weighted by molar-refractivity contribution is 5.96. The minimum absolute atomic E-state index is 0.0291. The molecule has 0 radical (unpaired) electrons. The summed E-state index contributed by atoms with van der Waals surface area (Å²) in [5, 5.41) is 2.75. The Morgan fingerprint density at radius 1 is 1.09 bits per heavy atom. The van der Waals surface area contributed by atoms with Crippen molar-refractivity contribution < 1.29 is 9.59 Å². The monoisotopic (exact) mass is 303 g/mol. The molecule has 120 valence electrons. The van der Waals surface area contributed by atoms with Gasteiger partial charge in [0.15, 0.2) is 0 Å². The third kappa shape index (κ3) is 5.15. The molecule has 2 rings (SSSR count). The quantitative estimate of drug-likeness (QED) is 0.805. The number of nitrogens with one attached hydrogen (secondary N) is 1. The number of nitrogens with zero attached hydrogens (tertiary/aromatic N) is 2. The van der Waals surface area contributed by atoms with Gasteiger partial charge in [-0.3, -0.25) is 14.5 Å². The molecule has 22 heavy (non-hydrogen) atoms. The van der Waals surface area contributed by atoms with Crippen LogP contribution in [0.15, 0.2) is 30.3 Å². The Bertz CT molecular complexity index is 482. The molecule has 1 saturated heterocycles. The van der Waals surface area contributed by atoms with Crippen molar-refractivity contribution in [3.63, 3.8) is 0 Å². The van der Waals surface area contributed by atoms with Crippen LogP contribution in [0.2, 0.25) is 0 Å². The second kappa shape index (κ2) is 8.54. The van der Waals surface area contributed by atoms with E-state index in [4.69, 9.17) is 0 Å². The minimum atomic E-state index is -0.168. The number of hydrogen-bond donors (Lipinski definition) is 1. The van der Waals surface area contributed by atoms with E-state index in [1.165, 1.54) is 5.56 Å². The number of benzene rings is 1. The van der Waals surface area contributed by atoms with E-state index in [0.717, 1.165) is 26.1 Å². The van der Waals surface area contributed by atoms with E-state index in [1.54, 1.807) is 4.90 Å². The molecule has 0 aliphatic carbocycles. The number of amides is 2. The molecule has 1 heterocycles. The van der Waals surface area contributed by atoms with Crippen LogP contribution in [0.1, 0.15) is 25.3 Å². The van der Waals surface area contributed by atoms with Crippen LogP contribution in [0.3, 0.4) is 0 Å². The summed E-state index contributed by atoms with van der Waals surface area (Å²) in [5.74, 6) is -0.230. The first-order valence-electron chi connectivity index (χ1n) is 7.99. The summed E-state index contributed by atoms with van der Waals surface area (Å²) < 4.78 is 0. The molecule has 2 amide bonds. The zero-order chi connectivity index (χ0) is 15.8. The van der Waals surface area contributed by atoms with Crippen LogP contribution >= 0.6 is 0 Å². The maximum Gasteiger partial charge on any atom is 0.232 e. The van der Waals surface area contributed by atoms with Crippen molar-refractivity contribution in [2.45, 2.75) is 26.3 Å². The molecule has 0 bridgehead atoms. The van der Waals surface area contributed by atoms with E-state index in [0.29, 0.717) is 19.6 Å². The molecule has 1 fully saturated rings. The predicted molar refractivity (Wildman–Crippen MR) is 86.2 cm³/mol. The van der Waals surface area contributed by atoms with Crippen molar-refractivity contribution in [1.82, 2.24) is 15.1 Å². The first kappa shape index (κ1) is 16.5. The van der Waals surface area contributed by atoms with Gasteiger partial charge in [0.1, 0.15) is 6.42 Å². The van der Waals surface area contributed by atoms with E-state index in [9.17, 15) is 9.59 Å². The molecule has 1 aliphatic heterocycles. The van der Waals surface area contributed by atoms with Crippen molar-refractivity contribution in [3.8, 4) is 0 Å². The fourth-order valence-electron chi connectivity index (χ4n) is 2.57. The van der Waals surface area contributed by atoms with Crippen molar-refractivity contribution in [2.75, 3.05) is 32.7 Å². The fraction of sp³-hybridized carbons (Fsp3) is 0.529. The molecule has 0 spiro atoms. The molecule has 1 aromatic carbocycles. The fourth-order valence-corrected chi connectivity index (χ4v) is 2.57. The maximum absolute atomic E-state index is 12.1. The second-order valence-corrected chi connectivity index (χ2v) is 5.67. The summed E-state index contributed by atoms with van der Waals surface area (Å²) in [6, 6.07) is 10.4. The van der Waals surface area contributed by atoms with E-state index in [1.807, 2.05) is 25.1 Å². The van der Waals surface area contributed by atoms with Crippen LogP contribution in [-0.4, -0.2) is 54.3 Å². The van der Waals surface area contributed by atoms with Crippen LogP contribution in [-0.2, 0) is 16.1 Å². The van der Waals surface area contributed by atoms with Gasteiger partial charge < -0.3 is 10.2 Å². The zero-order valence-electron chi connectivity index (χ0n) is 13.3. The summed E-state index contributed by atoms with van der Waals surface area (Å²) in [5.41, 5.74) is 1.29.